The Morgan fingerprint density at radius 1 is 1.35 bits per heavy atom. The molecule has 1 N–H and O–H groups in total. The molecule has 1 aromatic heterocycles. The van der Waals surface area contributed by atoms with Crippen molar-refractivity contribution >= 4 is 11.8 Å². The lowest BCUT2D eigenvalue weighted by molar-refractivity contribution is -0.167. The summed E-state index contributed by atoms with van der Waals surface area (Å²) >= 11 is 0. The van der Waals surface area contributed by atoms with Crippen LogP contribution in [0.5, 0.6) is 0 Å². The van der Waals surface area contributed by atoms with E-state index in [0.29, 0.717) is 13.1 Å². The molecule has 2 heterocycles. The quantitative estimate of drug-likeness (QED) is 0.790. The van der Waals surface area contributed by atoms with E-state index in [9.17, 15) is 9.59 Å². The van der Waals surface area contributed by atoms with Crippen LogP contribution in [-0.4, -0.2) is 62.2 Å². The summed E-state index contributed by atoms with van der Waals surface area (Å²) < 4.78 is 7.17. The first-order valence-electron chi connectivity index (χ1n) is 8.54. The van der Waals surface area contributed by atoms with Crippen molar-refractivity contribution in [3.63, 3.8) is 0 Å². The summed E-state index contributed by atoms with van der Waals surface area (Å²) in [5.41, 5.74) is 0.870. The van der Waals surface area contributed by atoms with Crippen molar-refractivity contribution in [1.29, 1.82) is 0 Å². The Morgan fingerprint density at radius 3 is 2.77 bits per heavy atom. The second-order valence-corrected chi connectivity index (χ2v) is 6.35. The van der Waals surface area contributed by atoms with Crippen LogP contribution in [0.4, 0.5) is 0 Å². The Hall–Kier alpha value is -2.81. The first-order chi connectivity index (χ1) is 12.6. The third-order valence-corrected chi connectivity index (χ3v) is 4.25. The molecule has 0 spiro atoms. The molecule has 2 amide bonds. The lowest BCUT2D eigenvalue weighted by Gasteiger charge is -2.42. The molecule has 26 heavy (non-hydrogen) atoms. The number of amides is 2. The van der Waals surface area contributed by atoms with Crippen LogP contribution in [-0.2, 0) is 20.9 Å². The normalized spacial score (nSPS) is 20.4. The molecule has 138 valence electrons. The van der Waals surface area contributed by atoms with Gasteiger partial charge in [-0.2, -0.15) is 0 Å². The standard InChI is InChI=1S/C17H22N6O3/c1-12(2)23-14(24)10-26-16(15(23)13-6-4-3-5-7-13)17(25)18-8-9-22-11-19-20-21-22/h3-7,11-12,15-16H,8-10H2,1-2H3,(H,18,25)/t15-,16+/m1/s1. The van der Waals surface area contributed by atoms with Crippen molar-refractivity contribution in [2.75, 3.05) is 13.2 Å². The highest BCUT2D eigenvalue weighted by Gasteiger charge is 2.42. The molecule has 9 heteroatoms. The Bertz CT molecular complexity index is 734. The molecule has 0 saturated carbocycles. The van der Waals surface area contributed by atoms with E-state index in [4.69, 9.17) is 4.74 Å². The van der Waals surface area contributed by atoms with Gasteiger partial charge in [0.15, 0.2) is 6.10 Å². The van der Waals surface area contributed by atoms with Gasteiger partial charge in [0.1, 0.15) is 12.9 Å². The molecule has 1 aromatic carbocycles. The number of ether oxygens (including phenoxy) is 1. The maximum atomic E-state index is 12.8. The fourth-order valence-electron chi connectivity index (χ4n) is 3.12. The maximum Gasteiger partial charge on any atom is 0.251 e. The number of hydrogen-bond donors (Lipinski definition) is 1. The van der Waals surface area contributed by atoms with Crippen LogP contribution in [0.3, 0.4) is 0 Å². The van der Waals surface area contributed by atoms with E-state index in [2.05, 4.69) is 20.8 Å². The Labute approximate surface area is 151 Å². The summed E-state index contributed by atoms with van der Waals surface area (Å²) in [6.07, 6.45) is 0.709. The predicted molar refractivity (Wildman–Crippen MR) is 91.7 cm³/mol. The van der Waals surface area contributed by atoms with Crippen molar-refractivity contribution < 1.29 is 14.3 Å². The van der Waals surface area contributed by atoms with Crippen molar-refractivity contribution in [2.45, 2.75) is 38.6 Å². The Morgan fingerprint density at radius 2 is 2.12 bits per heavy atom. The lowest BCUT2D eigenvalue weighted by Crippen LogP contribution is -2.56. The lowest BCUT2D eigenvalue weighted by atomic mass is 9.96. The minimum absolute atomic E-state index is 0.0480. The van der Waals surface area contributed by atoms with Crippen LogP contribution in [0.25, 0.3) is 0 Å². The molecular formula is C17H22N6O3. The van der Waals surface area contributed by atoms with Crippen LogP contribution >= 0.6 is 0 Å². The number of tetrazole rings is 1. The van der Waals surface area contributed by atoms with Crippen LogP contribution < -0.4 is 5.32 Å². The van der Waals surface area contributed by atoms with Gasteiger partial charge in [0.05, 0.1) is 12.6 Å². The second-order valence-electron chi connectivity index (χ2n) is 6.35. The number of morpholine rings is 1. The van der Waals surface area contributed by atoms with Gasteiger partial charge >= 0.3 is 0 Å². The number of hydrogen-bond acceptors (Lipinski definition) is 6. The van der Waals surface area contributed by atoms with Gasteiger partial charge in [0.2, 0.25) is 5.91 Å². The van der Waals surface area contributed by atoms with Gasteiger partial charge in [-0.15, -0.1) is 5.10 Å². The number of benzene rings is 1. The predicted octanol–water partition coefficient (Wildman–Crippen LogP) is 0.166. The third kappa shape index (κ3) is 3.88. The molecule has 0 bridgehead atoms. The summed E-state index contributed by atoms with van der Waals surface area (Å²) in [4.78, 5) is 26.9. The number of nitrogens with one attached hydrogen (secondary N) is 1. The molecule has 2 atom stereocenters. The maximum absolute atomic E-state index is 12.8. The van der Waals surface area contributed by atoms with E-state index in [1.54, 1.807) is 4.90 Å². The van der Waals surface area contributed by atoms with Gasteiger partial charge in [-0.1, -0.05) is 30.3 Å². The van der Waals surface area contributed by atoms with Crippen LogP contribution in [0.15, 0.2) is 36.7 Å². The third-order valence-electron chi connectivity index (χ3n) is 4.25. The smallest absolute Gasteiger partial charge is 0.251 e. The Kier molecular flexibility index (Phi) is 5.57. The molecule has 0 aliphatic carbocycles. The molecule has 3 rings (SSSR count). The van der Waals surface area contributed by atoms with Crippen molar-refractivity contribution in [3.8, 4) is 0 Å². The molecule has 1 fully saturated rings. The molecular weight excluding hydrogens is 336 g/mol. The summed E-state index contributed by atoms with van der Waals surface area (Å²) in [5.74, 6) is -0.378. The molecule has 1 saturated heterocycles. The second kappa shape index (κ2) is 8.05. The zero-order valence-electron chi connectivity index (χ0n) is 14.8. The van der Waals surface area contributed by atoms with Gasteiger partial charge in [-0.25, -0.2) is 4.68 Å². The van der Waals surface area contributed by atoms with Crippen LogP contribution in [0, 0.1) is 0 Å². The number of carbonyl (C=O) groups is 2. The van der Waals surface area contributed by atoms with E-state index in [-0.39, 0.29) is 24.5 Å². The van der Waals surface area contributed by atoms with Gasteiger partial charge in [-0.05, 0) is 29.8 Å². The zero-order chi connectivity index (χ0) is 18.5. The van der Waals surface area contributed by atoms with E-state index >= 15 is 0 Å². The molecule has 1 aliphatic rings. The fraction of sp³-hybridized carbons (Fsp3) is 0.471. The molecule has 1 aliphatic heterocycles. The highest BCUT2D eigenvalue weighted by Crippen LogP contribution is 2.32. The molecule has 0 radical (unpaired) electrons. The zero-order valence-corrected chi connectivity index (χ0v) is 14.8. The van der Waals surface area contributed by atoms with Crippen molar-refractivity contribution in [2.24, 2.45) is 0 Å². The van der Waals surface area contributed by atoms with Gasteiger partial charge in [-0.3, -0.25) is 9.59 Å². The van der Waals surface area contributed by atoms with Gasteiger partial charge < -0.3 is 15.0 Å². The van der Waals surface area contributed by atoms with Gasteiger partial charge in [0.25, 0.3) is 5.91 Å². The first kappa shape index (κ1) is 18.0. The van der Waals surface area contributed by atoms with Crippen LogP contribution in [0.1, 0.15) is 25.5 Å². The topological polar surface area (TPSA) is 102 Å². The SMILES string of the molecule is CC(C)N1C(=O)CO[C@H](C(=O)NCCn2cnnn2)[C@H]1c1ccccc1. The minimum atomic E-state index is -0.772. The molecule has 2 aromatic rings. The number of rotatable bonds is 6. The average molecular weight is 358 g/mol. The monoisotopic (exact) mass is 358 g/mol. The molecule has 0 unspecified atom stereocenters. The van der Waals surface area contributed by atoms with Crippen molar-refractivity contribution in [1.82, 2.24) is 30.4 Å². The van der Waals surface area contributed by atoms with E-state index in [1.807, 2.05) is 44.2 Å². The highest BCUT2D eigenvalue weighted by atomic mass is 16.5. The number of nitrogens with zero attached hydrogens (tertiary/aromatic N) is 5. The minimum Gasteiger partial charge on any atom is -0.356 e. The number of aromatic nitrogens is 4. The van der Waals surface area contributed by atoms with E-state index in [0.717, 1.165) is 5.56 Å². The van der Waals surface area contributed by atoms with Crippen LogP contribution in [0.2, 0.25) is 0 Å². The summed E-state index contributed by atoms with van der Waals surface area (Å²) in [7, 11) is 0. The summed E-state index contributed by atoms with van der Waals surface area (Å²) in [5, 5.41) is 13.7. The summed E-state index contributed by atoms with van der Waals surface area (Å²) in [6.45, 7) is 4.58. The molecule has 9 nitrogen and oxygen atoms in total. The fourth-order valence-corrected chi connectivity index (χ4v) is 3.12. The first-order valence-corrected chi connectivity index (χ1v) is 8.54. The van der Waals surface area contributed by atoms with Gasteiger partial charge in [0, 0.05) is 12.6 Å². The number of carbonyl (C=O) groups excluding carboxylic acids is 2. The largest absolute Gasteiger partial charge is 0.356 e. The van der Waals surface area contributed by atoms with Crippen molar-refractivity contribution in [3.05, 3.63) is 42.2 Å². The summed E-state index contributed by atoms with van der Waals surface area (Å²) in [6, 6.07) is 8.97. The van der Waals surface area contributed by atoms with E-state index in [1.165, 1.54) is 11.0 Å². The Balaban J connectivity index is 1.76. The average Bonchev–Trinajstić information content (AvgIpc) is 3.15. The highest BCUT2D eigenvalue weighted by molar-refractivity contribution is 5.86. The van der Waals surface area contributed by atoms with E-state index < -0.39 is 12.1 Å².